The van der Waals surface area contributed by atoms with Gasteiger partial charge in [-0.2, -0.15) is 5.26 Å². The molecule has 2 heteroatoms. The minimum Gasteiger partial charge on any atom is -0.388 e. The smallest absolute Gasteiger partial charge is 0.0860 e. The van der Waals surface area contributed by atoms with Crippen LogP contribution in [0.5, 0.6) is 0 Å². The van der Waals surface area contributed by atoms with Crippen molar-refractivity contribution in [1.82, 2.24) is 0 Å². The second kappa shape index (κ2) is 4.98. The van der Waals surface area contributed by atoms with Gasteiger partial charge >= 0.3 is 0 Å². The third-order valence-electron chi connectivity index (χ3n) is 5.13. The van der Waals surface area contributed by atoms with Crippen LogP contribution in [-0.4, -0.2) is 10.7 Å². The molecule has 1 unspecified atom stereocenters. The van der Waals surface area contributed by atoms with Crippen LogP contribution in [0.2, 0.25) is 0 Å². The SMILES string of the molecule is CC(C)C1CCC(C#N)(C(C)(O)C(C)C)CC1. The minimum absolute atomic E-state index is 0.123. The van der Waals surface area contributed by atoms with Gasteiger partial charge in [0.1, 0.15) is 0 Å². The number of nitrogens with zero attached hydrogens (tertiary/aromatic N) is 1. The van der Waals surface area contributed by atoms with E-state index in [1.807, 2.05) is 20.8 Å². The normalized spacial score (nSPS) is 33.5. The number of rotatable bonds is 3. The topological polar surface area (TPSA) is 44.0 Å². The number of aliphatic hydroxyl groups is 1. The van der Waals surface area contributed by atoms with Gasteiger partial charge in [0, 0.05) is 0 Å². The highest BCUT2D eigenvalue weighted by atomic mass is 16.3. The molecule has 0 aliphatic heterocycles. The maximum Gasteiger partial charge on any atom is 0.0860 e. The average Bonchev–Trinajstić information content (AvgIpc) is 2.28. The summed E-state index contributed by atoms with van der Waals surface area (Å²) in [6.45, 7) is 10.4. The fourth-order valence-electron chi connectivity index (χ4n) is 3.08. The molecule has 0 aromatic rings. The Bertz CT molecular complexity index is 291. The highest BCUT2D eigenvalue weighted by Gasteiger charge is 2.51. The standard InChI is InChI=1S/C15H27NO/c1-11(2)13-6-8-15(10-16,9-7-13)14(5,17)12(3)4/h11-13,17H,6-9H2,1-5H3. The molecule has 0 amide bonds. The highest BCUT2D eigenvalue weighted by molar-refractivity contribution is 5.12. The van der Waals surface area contributed by atoms with E-state index in [-0.39, 0.29) is 5.92 Å². The van der Waals surface area contributed by atoms with Crippen molar-refractivity contribution < 1.29 is 5.11 Å². The van der Waals surface area contributed by atoms with E-state index >= 15 is 0 Å². The second-order valence-corrected chi connectivity index (χ2v) is 6.58. The fraction of sp³-hybridized carbons (Fsp3) is 0.933. The Balaban J connectivity index is 2.85. The molecule has 1 N–H and O–H groups in total. The van der Waals surface area contributed by atoms with Crippen LogP contribution in [-0.2, 0) is 0 Å². The molecule has 0 aromatic carbocycles. The molecule has 0 bridgehead atoms. The van der Waals surface area contributed by atoms with Gasteiger partial charge in [0.05, 0.1) is 17.1 Å². The van der Waals surface area contributed by atoms with Crippen LogP contribution >= 0.6 is 0 Å². The summed E-state index contributed by atoms with van der Waals surface area (Å²) in [4.78, 5) is 0. The first-order chi connectivity index (χ1) is 7.77. The molecular weight excluding hydrogens is 210 g/mol. The van der Waals surface area contributed by atoms with E-state index in [0.717, 1.165) is 31.6 Å². The van der Waals surface area contributed by atoms with Gasteiger partial charge in [0.2, 0.25) is 0 Å². The summed E-state index contributed by atoms with van der Waals surface area (Å²) >= 11 is 0. The molecule has 1 aliphatic carbocycles. The van der Waals surface area contributed by atoms with E-state index in [1.54, 1.807) is 0 Å². The Morgan fingerprint density at radius 3 is 2.00 bits per heavy atom. The van der Waals surface area contributed by atoms with Crippen molar-refractivity contribution in [3.63, 3.8) is 0 Å². The van der Waals surface area contributed by atoms with Crippen LogP contribution in [0.15, 0.2) is 0 Å². The van der Waals surface area contributed by atoms with Crippen LogP contribution < -0.4 is 0 Å². The predicted octanol–water partition coefficient (Wildman–Crippen LogP) is 3.75. The lowest BCUT2D eigenvalue weighted by Gasteiger charge is -2.47. The fourth-order valence-corrected chi connectivity index (χ4v) is 3.08. The Labute approximate surface area is 106 Å². The number of hydrogen-bond acceptors (Lipinski definition) is 2. The molecule has 1 rings (SSSR count). The van der Waals surface area contributed by atoms with Crippen molar-refractivity contribution in [3.8, 4) is 6.07 Å². The zero-order chi connectivity index (χ0) is 13.3. The van der Waals surface area contributed by atoms with Gasteiger partial charge in [-0.25, -0.2) is 0 Å². The summed E-state index contributed by atoms with van der Waals surface area (Å²) in [5, 5.41) is 20.2. The molecule has 0 heterocycles. The largest absolute Gasteiger partial charge is 0.388 e. The summed E-state index contributed by atoms with van der Waals surface area (Å²) in [6, 6.07) is 2.45. The quantitative estimate of drug-likeness (QED) is 0.812. The van der Waals surface area contributed by atoms with Crippen molar-refractivity contribution in [2.75, 3.05) is 0 Å². The molecule has 1 saturated carbocycles. The molecular formula is C15H27NO. The summed E-state index contributed by atoms with van der Waals surface area (Å²) in [5.41, 5.74) is -1.41. The molecule has 17 heavy (non-hydrogen) atoms. The van der Waals surface area contributed by atoms with Gasteiger partial charge in [-0.05, 0) is 50.4 Å². The third-order valence-corrected chi connectivity index (χ3v) is 5.13. The van der Waals surface area contributed by atoms with Gasteiger partial charge in [-0.3, -0.25) is 0 Å². The van der Waals surface area contributed by atoms with E-state index in [4.69, 9.17) is 0 Å². The maximum absolute atomic E-state index is 10.7. The highest BCUT2D eigenvalue weighted by Crippen LogP contribution is 2.50. The zero-order valence-corrected chi connectivity index (χ0v) is 12.0. The van der Waals surface area contributed by atoms with Crippen molar-refractivity contribution in [3.05, 3.63) is 0 Å². The maximum atomic E-state index is 10.7. The second-order valence-electron chi connectivity index (χ2n) is 6.58. The Kier molecular flexibility index (Phi) is 4.25. The van der Waals surface area contributed by atoms with Crippen LogP contribution in [0.4, 0.5) is 0 Å². The van der Waals surface area contributed by atoms with Gasteiger partial charge in [-0.1, -0.05) is 27.7 Å². The lowest BCUT2D eigenvalue weighted by Crippen LogP contribution is -2.51. The van der Waals surface area contributed by atoms with E-state index in [9.17, 15) is 10.4 Å². The van der Waals surface area contributed by atoms with Crippen LogP contribution in [0, 0.1) is 34.5 Å². The first-order valence-corrected chi connectivity index (χ1v) is 6.90. The first-order valence-electron chi connectivity index (χ1n) is 6.90. The molecule has 0 aromatic heterocycles. The van der Waals surface area contributed by atoms with Crippen LogP contribution in [0.1, 0.15) is 60.3 Å². The molecule has 0 saturated heterocycles. The molecule has 0 radical (unpaired) electrons. The van der Waals surface area contributed by atoms with Crippen LogP contribution in [0.3, 0.4) is 0 Å². The first kappa shape index (κ1) is 14.5. The summed E-state index contributed by atoms with van der Waals surface area (Å²) in [7, 11) is 0. The van der Waals surface area contributed by atoms with Gasteiger partial charge in [-0.15, -0.1) is 0 Å². The van der Waals surface area contributed by atoms with Crippen molar-refractivity contribution in [2.24, 2.45) is 23.2 Å². The summed E-state index contributed by atoms with van der Waals surface area (Å²) in [6.07, 6.45) is 3.84. The number of hydrogen-bond donors (Lipinski definition) is 1. The van der Waals surface area contributed by atoms with Gasteiger partial charge in [0.25, 0.3) is 0 Å². The van der Waals surface area contributed by atoms with E-state index in [1.165, 1.54) is 0 Å². The summed E-state index contributed by atoms with van der Waals surface area (Å²) < 4.78 is 0. The lowest BCUT2D eigenvalue weighted by molar-refractivity contribution is -0.0983. The van der Waals surface area contributed by atoms with E-state index in [0.29, 0.717) is 5.92 Å². The zero-order valence-electron chi connectivity index (χ0n) is 12.0. The molecule has 0 spiro atoms. The average molecular weight is 237 g/mol. The van der Waals surface area contributed by atoms with Crippen molar-refractivity contribution in [2.45, 2.75) is 65.9 Å². The Morgan fingerprint density at radius 1 is 1.24 bits per heavy atom. The third kappa shape index (κ3) is 2.50. The Hall–Kier alpha value is -0.550. The van der Waals surface area contributed by atoms with E-state index < -0.39 is 11.0 Å². The minimum atomic E-state index is -0.871. The van der Waals surface area contributed by atoms with Gasteiger partial charge < -0.3 is 5.11 Å². The monoisotopic (exact) mass is 237 g/mol. The van der Waals surface area contributed by atoms with Crippen molar-refractivity contribution in [1.29, 1.82) is 5.26 Å². The molecule has 98 valence electrons. The van der Waals surface area contributed by atoms with E-state index in [2.05, 4.69) is 19.9 Å². The summed E-state index contributed by atoms with van der Waals surface area (Å²) in [5.74, 6) is 1.54. The number of nitriles is 1. The molecule has 1 atom stereocenters. The lowest BCUT2D eigenvalue weighted by atomic mass is 9.58. The van der Waals surface area contributed by atoms with Gasteiger partial charge in [0.15, 0.2) is 0 Å². The predicted molar refractivity (Wildman–Crippen MR) is 70.3 cm³/mol. The van der Waals surface area contributed by atoms with Crippen molar-refractivity contribution >= 4 is 0 Å². The van der Waals surface area contributed by atoms with Crippen LogP contribution in [0.25, 0.3) is 0 Å². The molecule has 2 nitrogen and oxygen atoms in total. The molecule has 1 fully saturated rings. The Morgan fingerprint density at radius 2 is 1.71 bits per heavy atom. The molecule has 1 aliphatic rings.